The molecule has 5 heteroatoms. The molecule has 4 rings (SSSR count). The molecule has 0 saturated heterocycles. The number of rotatable bonds is 2. The highest BCUT2D eigenvalue weighted by molar-refractivity contribution is 5.64. The average molecular weight is 266 g/mol. The van der Waals surface area contributed by atoms with Crippen LogP contribution in [-0.2, 0) is 0 Å². The van der Waals surface area contributed by atoms with Crippen LogP contribution in [0.5, 0.6) is 11.5 Å². The third-order valence-electron chi connectivity index (χ3n) is 3.07. The van der Waals surface area contributed by atoms with Crippen LogP contribution in [0.15, 0.2) is 53.3 Å². The quantitative estimate of drug-likeness (QED) is 0.713. The third-order valence-corrected chi connectivity index (χ3v) is 3.07. The predicted molar refractivity (Wildman–Crippen MR) is 71.3 cm³/mol. The van der Waals surface area contributed by atoms with Crippen LogP contribution in [0.2, 0.25) is 0 Å². The molecule has 3 aromatic rings. The lowest BCUT2D eigenvalue weighted by Gasteiger charge is -1.99. The summed E-state index contributed by atoms with van der Waals surface area (Å²) in [5, 5.41) is 0. The van der Waals surface area contributed by atoms with Crippen molar-refractivity contribution in [3.63, 3.8) is 0 Å². The van der Waals surface area contributed by atoms with Crippen molar-refractivity contribution in [2.24, 2.45) is 0 Å². The normalized spacial score (nSPS) is 12.6. The van der Waals surface area contributed by atoms with Gasteiger partial charge in [0, 0.05) is 18.0 Å². The van der Waals surface area contributed by atoms with Crippen molar-refractivity contribution in [2.45, 2.75) is 0 Å². The number of oxazole rings is 1. The maximum Gasteiger partial charge on any atom is 0.231 e. The van der Waals surface area contributed by atoms with Crippen LogP contribution in [0.25, 0.3) is 22.8 Å². The van der Waals surface area contributed by atoms with Gasteiger partial charge in [0.25, 0.3) is 0 Å². The van der Waals surface area contributed by atoms with Gasteiger partial charge in [0.1, 0.15) is 0 Å². The molecule has 1 aliphatic heterocycles. The maximum absolute atomic E-state index is 5.77. The summed E-state index contributed by atoms with van der Waals surface area (Å²) in [7, 11) is 0. The van der Waals surface area contributed by atoms with E-state index in [1.165, 1.54) is 0 Å². The zero-order valence-electron chi connectivity index (χ0n) is 10.4. The molecule has 0 fully saturated rings. The number of fused-ring (bicyclic) bond motifs is 1. The first-order valence-corrected chi connectivity index (χ1v) is 6.16. The van der Waals surface area contributed by atoms with E-state index in [1.807, 2.05) is 30.3 Å². The second kappa shape index (κ2) is 4.38. The Labute approximate surface area is 114 Å². The molecule has 2 aromatic heterocycles. The van der Waals surface area contributed by atoms with Crippen molar-refractivity contribution in [3.8, 4) is 34.3 Å². The smallest absolute Gasteiger partial charge is 0.231 e. The van der Waals surface area contributed by atoms with E-state index < -0.39 is 0 Å². The number of aromatic nitrogens is 2. The summed E-state index contributed by atoms with van der Waals surface area (Å²) >= 11 is 0. The molecule has 5 nitrogen and oxygen atoms in total. The number of hydrogen-bond donors (Lipinski definition) is 0. The fourth-order valence-corrected chi connectivity index (χ4v) is 2.08. The number of ether oxygens (including phenoxy) is 2. The lowest BCUT2D eigenvalue weighted by atomic mass is 10.1. The lowest BCUT2D eigenvalue weighted by Crippen LogP contribution is -1.92. The largest absolute Gasteiger partial charge is 0.454 e. The van der Waals surface area contributed by atoms with E-state index in [4.69, 9.17) is 13.9 Å². The molecule has 0 spiro atoms. The first kappa shape index (κ1) is 11.0. The van der Waals surface area contributed by atoms with Crippen molar-refractivity contribution in [2.75, 3.05) is 6.79 Å². The zero-order chi connectivity index (χ0) is 13.4. The molecule has 0 amide bonds. The van der Waals surface area contributed by atoms with Gasteiger partial charge in [-0.05, 0) is 30.3 Å². The van der Waals surface area contributed by atoms with Gasteiger partial charge in [-0.3, -0.25) is 4.98 Å². The highest BCUT2D eigenvalue weighted by Gasteiger charge is 2.16. The summed E-state index contributed by atoms with van der Waals surface area (Å²) in [5.74, 6) is 2.70. The highest BCUT2D eigenvalue weighted by atomic mass is 16.7. The van der Waals surface area contributed by atoms with Gasteiger partial charge in [0.2, 0.25) is 12.7 Å². The van der Waals surface area contributed by atoms with E-state index in [2.05, 4.69) is 9.97 Å². The lowest BCUT2D eigenvalue weighted by molar-refractivity contribution is 0.174. The first-order chi connectivity index (χ1) is 9.90. The molecule has 20 heavy (non-hydrogen) atoms. The summed E-state index contributed by atoms with van der Waals surface area (Å²) in [5.41, 5.74) is 1.75. The van der Waals surface area contributed by atoms with E-state index in [9.17, 15) is 0 Å². The van der Waals surface area contributed by atoms with Crippen LogP contribution in [0.4, 0.5) is 0 Å². The molecule has 3 heterocycles. The van der Waals surface area contributed by atoms with Crippen molar-refractivity contribution in [3.05, 3.63) is 48.9 Å². The average Bonchev–Trinajstić information content (AvgIpc) is 3.16. The van der Waals surface area contributed by atoms with Gasteiger partial charge < -0.3 is 13.9 Å². The number of benzene rings is 1. The summed E-state index contributed by atoms with van der Waals surface area (Å²) in [6.45, 7) is 0.260. The molecule has 0 bridgehead atoms. The Morgan fingerprint density at radius 2 is 1.90 bits per heavy atom. The third kappa shape index (κ3) is 1.80. The number of nitrogens with zero attached hydrogens (tertiary/aromatic N) is 2. The van der Waals surface area contributed by atoms with Gasteiger partial charge in [-0.2, -0.15) is 0 Å². The van der Waals surface area contributed by atoms with Crippen LogP contribution in [0.3, 0.4) is 0 Å². The highest BCUT2D eigenvalue weighted by Crippen LogP contribution is 2.36. The number of hydrogen-bond acceptors (Lipinski definition) is 5. The van der Waals surface area contributed by atoms with Crippen LogP contribution in [0.1, 0.15) is 0 Å². The summed E-state index contributed by atoms with van der Waals surface area (Å²) in [6, 6.07) is 9.42. The number of pyridine rings is 1. The molecule has 0 radical (unpaired) electrons. The van der Waals surface area contributed by atoms with E-state index in [0.29, 0.717) is 11.7 Å². The molecular formula is C15H10N2O3. The van der Waals surface area contributed by atoms with Gasteiger partial charge in [-0.25, -0.2) is 4.98 Å². The maximum atomic E-state index is 5.77. The Morgan fingerprint density at radius 1 is 0.950 bits per heavy atom. The van der Waals surface area contributed by atoms with Crippen molar-refractivity contribution in [1.29, 1.82) is 0 Å². The van der Waals surface area contributed by atoms with Crippen LogP contribution < -0.4 is 9.47 Å². The van der Waals surface area contributed by atoms with Gasteiger partial charge >= 0.3 is 0 Å². The van der Waals surface area contributed by atoms with Crippen molar-refractivity contribution < 1.29 is 13.9 Å². The van der Waals surface area contributed by atoms with Crippen molar-refractivity contribution >= 4 is 0 Å². The Kier molecular flexibility index (Phi) is 2.42. The van der Waals surface area contributed by atoms with Gasteiger partial charge in [0.05, 0.1) is 11.8 Å². The minimum atomic E-state index is 0.260. The van der Waals surface area contributed by atoms with Gasteiger partial charge in [-0.15, -0.1) is 0 Å². The molecule has 1 aliphatic rings. The van der Waals surface area contributed by atoms with Gasteiger partial charge in [-0.1, -0.05) is 0 Å². The summed E-state index contributed by atoms with van der Waals surface area (Å²) < 4.78 is 16.4. The van der Waals surface area contributed by atoms with Gasteiger partial charge in [0.15, 0.2) is 17.3 Å². The van der Waals surface area contributed by atoms with Crippen LogP contribution in [0, 0.1) is 0 Å². The van der Waals surface area contributed by atoms with Crippen LogP contribution >= 0.6 is 0 Å². The second-order valence-electron chi connectivity index (χ2n) is 4.34. The van der Waals surface area contributed by atoms with E-state index in [0.717, 1.165) is 22.6 Å². The summed E-state index contributed by atoms with van der Waals surface area (Å²) in [4.78, 5) is 8.33. The molecular weight excluding hydrogens is 256 g/mol. The Morgan fingerprint density at radius 3 is 2.80 bits per heavy atom. The molecule has 0 saturated carbocycles. The molecule has 0 N–H and O–H groups in total. The molecule has 0 unspecified atom stereocenters. The van der Waals surface area contributed by atoms with Crippen molar-refractivity contribution in [1.82, 2.24) is 9.97 Å². The zero-order valence-corrected chi connectivity index (χ0v) is 10.4. The van der Waals surface area contributed by atoms with Crippen LogP contribution in [-0.4, -0.2) is 16.8 Å². The molecule has 1 aromatic carbocycles. The SMILES string of the molecule is c1cncc(-c2ncc(-c3ccc4c(c3)OCO4)o2)c1. The first-order valence-electron chi connectivity index (χ1n) is 6.16. The fourth-order valence-electron chi connectivity index (χ4n) is 2.08. The Bertz CT molecular complexity index is 753. The predicted octanol–water partition coefficient (Wildman–Crippen LogP) is 3.13. The Hall–Kier alpha value is -2.82. The standard InChI is InChI=1S/C15H10N2O3/c1-2-11(7-16-5-1)15-17-8-14(20-15)10-3-4-12-13(6-10)19-9-18-12/h1-8H,9H2. The monoisotopic (exact) mass is 266 g/mol. The topological polar surface area (TPSA) is 57.4 Å². The van der Waals surface area contributed by atoms with E-state index in [1.54, 1.807) is 18.6 Å². The van der Waals surface area contributed by atoms with E-state index >= 15 is 0 Å². The minimum absolute atomic E-state index is 0.260. The minimum Gasteiger partial charge on any atom is -0.454 e. The molecule has 0 atom stereocenters. The summed E-state index contributed by atoms with van der Waals surface area (Å²) in [6.07, 6.45) is 5.13. The molecule has 0 aliphatic carbocycles. The second-order valence-corrected chi connectivity index (χ2v) is 4.34. The Balaban J connectivity index is 1.72. The molecule has 98 valence electrons. The fraction of sp³-hybridized carbons (Fsp3) is 0.0667. The van der Waals surface area contributed by atoms with E-state index in [-0.39, 0.29) is 6.79 Å².